The van der Waals surface area contributed by atoms with E-state index in [0.717, 1.165) is 17.1 Å². The summed E-state index contributed by atoms with van der Waals surface area (Å²) in [6.45, 7) is 2.76. The van der Waals surface area contributed by atoms with Gasteiger partial charge in [0.2, 0.25) is 5.91 Å². The molecule has 1 N–H and O–H groups in total. The molecule has 1 aliphatic heterocycles. The highest BCUT2D eigenvalue weighted by Gasteiger charge is 2.44. The number of rotatable bonds is 3. The maximum absolute atomic E-state index is 12.8. The summed E-state index contributed by atoms with van der Waals surface area (Å²) in [5.41, 5.74) is 2.35. The minimum atomic E-state index is -0.831. The molecule has 22 heavy (non-hydrogen) atoms. The molecule has 5 heteroatoms. The Bertz CT molecular complexity index is 572. The van der Waals surface area contributed by atoms with Gasteiger partial charge in [-0.25, -0.2) is 0 Å². The molecule has 3 unspecified atom stereocenters. The van der Waals surface area contributed by atoms with Crippen molar-refractivity contribution in [3.8, 4) is 0 Å². The molecule has 1 aromatic rings. The third-order valence-electron chi connectivity index (χ3n) is 4.78. The van der Waals surface area contributed by atoms with Crippen molar-refractivity contribution in [3.63, 3.8) is 0 Å². The van der Waals surface area contributed by atoms with Crippen molar-refractivity contribution in [2.45, 2.75) is 25.8 Å². The summed E-state index contributed by atoms with van der Waals surface area (Å²) >= 11 is 1.86. The molecule has 1 amide bonds. The van der Waals surface area contributed by atoms with E-state index < -0.39 is 11.9 Å². The Hall–Kier alpha value is -1.49. The van der Waals surface area contributed by atoms with Crippen LogP contribution in [0.1, 0.15) is 30.0 Å². The van der Waals surface area contributed by atoms with Gasteiger partial charge in [-0.05, 0) is 25.3 Å². The number of nitrogens with zero attached hydrogens (tertiary/aromatic N) is 1. The van der Waals surface area contributed by atoms with Gasteiger partial charge in [-0.3, -0.25) is 9.59 Å². The fourth-order valence-corrected chi connectivity index (χ4v) is 4.32. The van der Waals surface area contributed by atoms with Gasteiger partial charge in [0.1, 0.15) is 0 Å². The molecular weight excluding hydrogens is 298 g/mol. The van der Waals surface area contributed by atoms with Gasteiger partial charge in [0, 0.05) is 18.1 Å². The Balaban J connectivity index is 1.79. The molecule has 0 spiro atoms. The molecule has 3 rings (SSSR count). The van der Waals surface area contributed by atoms with Gasteiger partial charge < -0.3 is 10.0 Å². The van der Waals surface area contributed by atoms with Crippen molar-refractivity contribution < 1.29 is 14.7 Å². The molecule has 3 atom stereocenters. The third kappa shape index (κ3) is 2.86. The number of aryl methyl sites for hydroxylation is 1. The van der Waals surface area contributed by atoms with Gasteiger partial charge in [0.15, 0.2) is 0 Å². The van der Waals surface area contributed by atoms with Crippen LogP contribution in [-0.4, -0.2) is 39.9 Å². The zero-order chi connectivity index (χ0) is 15.7. The molecule has 0 radical (unpaired) electrons. The van der Waals surface area contributed by atoms with Crippen LogP contribution in [0.2, 0.25) is 0 Å². The Morgan fingerprint density at radius 3 is 2.45 bits per heavy atom. The lowest BCUT2D eigenvalue weighted by atomic mass is 9.72. The van der Waals surface area contributed by atoms with Crippen LogP contribution in [0, 0.1) is 18.8 Å². The fourth-order valence-electron chi connectivity index (χ4n) is 3.24. The fraction of sp³-hybridized carbons (Fsp3) is 0.529. The molecule has 1 saturated heterocycles. The van der Waals surface area contributed by atoms with Gasteiger partial charge in [-0.1, -0.05) is 29.8 Å². The van der Waals surface area contributed by atoms with Gasteiger partial charge in [-0.15, -0.1) is 0 Å². The molecule has 0 bridgehead atoms. The van der Waals surface area contributed by atoms with Gasteiger partial charge in [0.25, 0.3) is 0 Å². The van der Waals surface area contributed by atoms with Crippen LogP contribution in [-0.2, 0) is 9.59 Å². The second-order valence-electron chi connectivity index (χ2n) is 6.16. The van der Waals surface area contributed by atoms with Crippen molar-refractivity contribution in [1.82, 2.24) is 4.90 Å². The third-order valence-corrected chi connectivity index (χ3v) is 5.81. The van der Waals surface area contributed by atoms with Crippen molar-refractivity contribution in [3.05, 3.63) is 35.4 Å². The second-order valence-corrected chi connectivity index (χ2v) is 7.31. The summed E-state index contributed by atoms with van der Waals surface area (Å²) in [7, 11) is 0. The lowest BCUT2D eigenvalue weighted by Crippen LogP contribution is -2.49. The van der Waals surface area contributed by atoms with E-state index in [1.165, 1.54) is 5.56 Å². The smallest absolute Gasteiger partial charge is 0.307 e. The predicted octanol–water partition coefficient (Wildman–Crippen LogP) is 2.72. The largest absolute Gasteiger partial charge is 0.481 e. The highest BCUT2D eigenvalue weighted by molar-refractivity contribution is 7.99. The van der Waals surface area contributed by atoms with E-state index in [-0.39, 0.29) is 17.9 Å². The number of hydrogen-bond donors (Lipinski definition) is 1. The topological polar surface area (TPSA) is 57.6 Å². The van der Waals surface area contributed by atoms with E-state index in [4.69, 9.17) is 0 Å². The number of carbonyl (C=O) groups excluding carboxylic acids is 1. The van der Waals surface area contributed by atoms with Crippen LogP contribution >= 0.6 is 11.8 Å². The van der Waals surface area contributed by atoms with E-state index in [2.05, 4.69) is 24.3 Å². The number of carboxylic acid groups (broad SMARTS) is 1. The summed E-state index contributed by atoms with van der Waals surface area (Å²) < 4.78 is 0. The molecule has 1 heterocycles. The summed E-state index contributed by atoms with van der Waals surface area (Å²) in [5, 5.41) is 9.19. The first kappa shape index (κ1) is 15.4. The van der Waals surface area contributed by atoms with Crippen LogP contribution in [0.4, 0.5) is 0 Å². The van der Waals surface area contributed by atoms with Crippen LogP contribution in [0.25, 0.3) is 0 Å². The number of benzene rings is 1. The average Bonchev–Trinajstić information content (AvgIpc) is 2.46. The number of carboxylic acids is 1. The molecular formula is C17H21NO3S. The number of aliphatic carboxylic acids is 1. The first-order chi connectivity index (χ1) is 10.6. The SMILES string of the molecule is Cc1ccc(C2CSCCN2C(=O)C2CCC2C(=O)O)cc1. The van der Waals surface area contributed by atoms with Crippen LogP contribution in [0.15, 0.2) is 24.3 Å². The highest BCUT2D eigenvalue weighted by atomic mass is 32.2. The van der Waals surface area contributed by atoms with Crippen molar-refractivity contribution in [2.75, 3.05) is 18.1 Å². The number of thioether (sulfide) groups is 1. The lowest BCUT2D eigenvalue weighted by molar-refractivity contribution is -0.157. The zero-order valence-electron chi connectivity index (χ0n) is 12.7. The first-order valence-electron chi connectivity index (χ1n) is 7.75. The summed E-state index contributed by atoms with van der Waals surface area (Å²) in [6.07, 6.45) is 1.34. The van der Waals surface area contributed by atoms with Gasteiger partial charge >= 0.3 is 5.97 Å². The van der Waals surface area contributed by atoms with Gasteiger partial charge in [0.05, 0.1) is 17.9 Å². The Morgan fingerprint density at radius 2 is 1.86 bits per heavy atom. The van der Waals surface area contributed by atoms with E-state index in [9.17, 15) is 14.7 Å². The van der Waals surface area contributed by atoms with Crippen LogP contribution in [0.5, 0.6) is 0 Å². The maximum atomic E-state index is 12.8. The van der Waals surface area contributed by atoms with Crippen molar-refractivity contribution in [2.24, 2.45) is 11.8 Å². The standard InChI is InChI=1S/C17H21NO3S/c1-11-2-4-12(5-3-11)15-10-22-9-8-18(15)16(19)13-6-7-14(13)17(20)21/h2-5,13-15H,6-10H2,1H3,(H,20,21). The molecule has 1 saturated carbocycles. The number of amides is 1. The van der Waals surface area contributed by atoms with Crippen molar-refractivity contribution in [1.29, 1.82) is 0 Å². The summed E-state index contributed by atoms with van der Waals surface area (Å²) in [4.78, 5) is 25.9. The Kier molecular flexibility index (Phi) is 4.43. The molecule has 0 aromatic heterocycles. The van der Waals surface area contributed by atoms with Crippen LogP contribution < -0.4 is 0 Å². The van der Waals surface area contributed by atoms with E-state index in [0.29, 0.717) is 19.4 Å². The van der Waals surface area contributed by atoms with E-state index in [1.807, 2.05) is 23.6 Å². The van der Waals surface area contributed by atoms with Crippen LogP contribution in [0.3, 0.4) is 0 Å². The number of carbonyl (C=O) groups is 2. The Labute approximate surface area is 134 Å². The van der Waals surface area contributed by atoms with Gasteiger partial charge in [-0.2, -0.15) is 11.8 Å². The summed E-state index contributed by atoms with van der Waals surface area (Å²) in [5.74, 6) is 0.208. The molecule has 2 aliphatic rings. The molecule has 4 nitrogen and oxygen atoms in total. The normalized spacial score (nSPS) is 28.0. The minimum Gasteiger partial charge on any atom is -0.481 e. The minimum absolute atomic E-state index is 0.0320. The molecule has 2 fully saturated rings. The lowest BCUT2D eigenvalue weighted by Gasteiger charge is -2.42. The highest BCUT2D eigenvalue weighted by Crippen LogP contribution is 2.39. The van der Waals surface area contributed by atoms with E-state index in [1.54, 1.807) is 0 Å². The zero-order valence-corrected chi connectivity index (χ0v) is 13.5. The maximum Gasteiger partial charge on any atom is 0.307 e. The molecule has 118 valence electrons. The van der Waals surface area contributed by atoms with Crippen molar-refractivity contribution >= 4 is 23.6 Å². The summed E-state index contributed by atoms with van der Waals surface area (Å²) in [6, 6.07) is 8.38. The average molecular weight is 319 g/mol. The quantitative estimate of drug-likeness (QED) is 0.931. The molecule has 1 aliphatic carbocycles. The molecule has 1 aromatic carbocycles. The predicted molar refractivity (Wildman–Crippen MR) is 86.8 cm³/mol. The first-order valence-corrected chi connectivity index (χ1v) is 8.91. The monoisotopic (exact) mass is 319 g/mol. The Morgan fingerprint density at radius 1 is 1.18 bits per heavy atom. The second kappa shape index (κ2) is 6.32. The van der Waals surface area contributed by atoms with E-state index >= 15 is 0 Å². The number of hydrogen-bond acceptors (Lipinski definition) is 3.